The molecule has 1 aromatic heterocycles. The van der Waals surface area contributed by atoms with Crippen molar-refractivity contribution in [2.24, 2.45) is 0 Å². The van der Waals surface area contributed by atoms with Crippen molar-refractivity contribution in [2.75, 3.05) is 0 Å². The smallest absolute Gasteiger partial charge is 0.271 e. The van der Waals surface area contributed by atoms with Gasteiger partial charge in [0.25, 0.3) is 11.7 Å². The zero-order valence-corrected chi connectivity index (χ0v) is 9.31. The molecule has 0 saturated carbocycles. The van der Waals surface area contributed by atoms with Gasteiger partial charge in [0, 0.05) is 0 Å². The van der Waals surface area contributed by atoms with Crippen molar-refractivity contribution < 1.29 is 18.0 Å². The SMILES string of the molecule is O=C(Cl)c1ncc(F)c(C(F)F)c1I. The van der Waals surface area contributed by atoms with Gasteiger partial charge >= 0.3 is 0 Å². The van der Waals surface area contributed by atoms with Gasteiger partial charge in [0.2, 0.25) is 0 Å². The van der Waals surface area contributed by atoms with Crippen LogP contribution in [-0.2, 0) is 0 Å². The van der Waals surface area contributed by atoms with Crippen molar-refractivity contribution >= 4 is 39.4 Å². The standard InChI is InChI=1S/C7H2ClF3INO/c8-6(14)5-4(12)3(7(10)11)2(9)1-13-5/h1,7H. The number of pyridine rings is 1. The van der Waals surface area contributed by atoms with Crippen LogP contribution in [-0.4, -0.2) is 10.2 Å². The van der Waals surface area contributed by atoms with Crippen molar-refractivity contribution in [2.45, 2.75) is 6.43 Å². The number of rotatable bonds is 2. The van der Waals surface area contributed by atoms with E-state index in [1.54, 1.807) is 0 Å². The van der Waals surface area contributed by atoms with Gasteiger partial charge in [-0.1, -0.05) is 0 Å². The Labute approximate surface area is 95.6 Å². The number of halogens is 5. The summed E-state index contributed by atoms with van der Waals surface area (Å²) in [7, 11) is 0. The zero-order chi connectivity index (χ0) is 10.9. The van der Waals surface area contributed by atoms with Gasteiger partial charge in [-0.2, -0.15) is 0 Å². The van der Waals surface area contributed by atoms with Gasteiger partial charge in [-0.3, -0.25) is 4.79 Å². The summed E-state index contributed by atoms with van der Waals surface area (Å²) in [6.45, 7) is 0. The van der Waals surface area contributed by atoms with E-state index in [0.717, 1.165) is 0 Å². The summed E-state index contributed by atoms with van der Waals surface area (Å²) < 4.78 is 37.2. The van der Waals surface area contributed by atoms with Gasteiger partial charge in [-0.15, -0.1) is 0 Å². The summed E-state index contributed by atoms with van der Waals surface area (Å²) >= 11 is 6.47. The maximum absolute atomic E-state index is 12.8. The molecular formula is C7H2ClF3INO. The van der Waals surface area contributed by atoms with Crippen molar-refractivity contribution in [1.29, 1.82) is 0 Å². The van der Waals surface area contributed by atoms with Gasteiger partial charge in [0.05, 0.1) is 15.3 Å². The fraction of sp³-hybridized carbons (Fsp3) is 0.143. The topological polar surface area (TPSA) is 30.0 Å². The van der Waals surface area contributed by atoms with Crippen LogP contribution in [0.1, 0.15) is 22.5 Å². The molecule has 0 unspecified atom stereocenters. The molecule has 14 heavy (non-hydrogen) atoms. The number of hydrogen-bond acceptors (Lipinski definition) is 2. The molecule has 7 heteroatoms. The minimum absolute atomic E-state index is 0.252. The molecule has 0 aromatic carbocycles. The third-order valence-electron chi connectivity index (χ3n) is 1.41. The van der Waals surface area contributed by atoms with Crippen LogP contribution in [0.15, 0.2) is 6.20 Å². The van der Waals surface area contributed by atoms with Gasteiger partial charge in [-0.05, 0) is 34.2 Å². The van der Waals surface area contributed by atoms with Gasteiger partial charge in [-0.25, -0.2) is 18.2 Å². The molecule has 0 amide bonds. The van der Waals surface area contributed by atoms with E-state index in [1.165, 1.54) is 22.6 Å². The van der Waals surface area contributed by atoms with E-state index >= 15 is 0 Å². The first kappa shape index (κ1) is 11.7. The molecule has 1 rings (SSSR count). The lowest BCUT2D eigenvalue weighted by Crippen LogP contribution is -2.05. The predicted molar refractivity (Wildman–Crippen MR) is 52.1 cm³/mol. The third-order valence-corrected chi connectivity index (χ3v) is 2.68. The fourth-order valence-electron chi connectivity index (χ4n) is 0.817. The van der Waals surface area contributed by atoms with Crippen LogP contribution >= 0.6 is 34.2 Å². The van der Waals surface area contributed by atoms with Gasteiger partial charge in [0.15, 0.2) is 5.82 Å². The first-order valence-electron chi connectivity index (χ1n) is 3.27. The second kappa shape index (κ2) is 4.43. The van der Waals surface area contributed by atoms with E-state index in [0.29, 0.717) is 6.20 Å². The molecule has 2 nitrogen and oxygen atoms in total. The lowest BCUT2D eigenvalue weighted by atomic mass is 10.2. The highest BCUT2D eigenvalue weighted by molar-refractivity contribution is 14.1. The normalized spacial score (nSPS) is 10.7. The summed E-state index contributed by atoms with van der Waals surface area (Å²) in [4.78, 5) is 14.0. The third kappa shape index (κ3) is 2.17. The average molecular weight is 335 g/mol. The summed E-state index contributed by atoms with van der Waals surface area (Å²) in [5, 5.41) is -0.990. The molecule has 0 radical (unpaired) electrons. The number of alkyl halides is 2. The van der Waals surface area contributed by atoms with Crippen LogP contribution in [0.5, 0.6) is 0 Å². The molecule has 0 aliphatic heterocycles. The molecule has 1 heterocycles. The van der Waals surface area contributed by atoms with Crippen molar-refractivity contribution in [1.82, 2.24) is 4.98 Å². The Kier molecular flexibility index (Phi) is 3.71. The fourth-order valence-corrected chi connectivity index (χ4v) is 2.00. The molecule has 0 bridgehead atoms. The van der Waals surface area contributed by atoms with Crippen LogP contribution in [0.4, 0.5) is 13.2 Å². The minimum atomic E-state index is -3.00. The number of nitrogens with zero attached hydrogens (tertiary/aromatic N) is 1. The zero-order valence-electron chi connectivity index (χ0n) is 6.40. The highest BCUT2D eigenvalue weighted by Gasteiger charge is 2.22. The van der Waals surface area contributed by atoms with Gasteiger partial charge < -0.3 is 0 Å². The Bertz CT molecular complexity index is 385. The monoisotopic (exact) mass is 335 g/mol. The second-order valence-corrected chi connectivity index (χ2v) is 3.68. The summed E-state index contributed by atoms with van der Waals surface area (Å²) in [5.41, 5.74) is -1.20. The maximum atomic E-state index is 12.8. The van der Waals surface area contributed by atoms with Crippen LogP contribution in [0.3, 0.4) is 0 Å². The Hall–Kier alpha value is -0.370. The molecule has 0 saturated heterocycles. The van der Waals surface area contributed by atoms with E-state index in [-0.39, 0.29) is 9.26 Å². The lowest BCUT2D eigenvalue weighted by Gasteiger charge is -2.06. The number of carbonyl (C=O) groups excluding carboxylic acids is 1. The highest BCUT2D eigenvalue weighted by atomic mass is 127. The van der Waals surface area contributed by atoms with Crippen molar-refractivity contribution in [3.8, 4) is 0 Å². The summed E-state index contributed by atoms with van der Waals surface area (Å²) in [6, 6.07) is 0. The average Bonchev–Trinajstić information content (AvgIpc) is 2.02. The molecule has 1 aromatic rings. The van der Waals surface area contributed by atoms with E-state index in [1.807, 2.05) is 0 Å². The van der Waals surface area contributed by atoms with Crippen LogP contribution in [0, 0.1) is 9.39 Å². The maximum Gasteiger partial charge on any atom is 0.271 e. The highest BCUT2D eigenvalue weighted by Crippen LogP contribution is 2.28. The Morgan fingerprint density at radius 1 is 1.57 bits per heavy atom. The largest absolute Gasteiger partial charge is 0.274 e. The number of carbonyl (C=O) groups is 1. The summed E-state index contributed by atoms with van der Waals surface area (Å²) in [5.74, 6) is -1.15. The van der Waals surface area contributed by atoms with E-state index < -0.39 is 23.0 Å². The first-order valence-corrected chi connectivity index (χ1v) is 4.72. The van der Waals surface area contributed by atoms with E-state index in [4.69, 9.17) is 11.6 Å². The summed E-state index contributed by atoms with van der Waals surface area (Å²) in [6.07, 6.45) is -2.45. The van der Waals surface area contributed by atoms with Crippen LogP contribution in [0.25, 0.3) is 0 Å². The quantitative estimate of drug-likeness (QED) is 0.614. The molecule has 76 valence electrons. The first-order chi connectivity index (χ1) is 6.45. The molecular weight excluding hydrogens is 333 g/mol. The number of aromatic nitrogens is 1. The minimum Gasteiger partial charge on any atom is -0.274 e. The molecule has 0 spiro atoms. The van der Waals surface area contributed by atoms with Gasteiger partial charge in [0.1, 0.15) is 5.69 Å². The lowest BCUT2D eigenvalue weighted by molar-refractivity contribution is 0.107. The molecule has 0 N–H and O–H groups in total. The Balaban J connectivity index is 3.41. The Morgan fingerprint density at radius 2 is 2.14 bits per heavy atom. The van der Waals surface area contributed by atoms with Crippen LogP contribution < -0.4 is 0 Å². The van der Waals surface area contributed by atoms with Crippen molar-refractivity contribution in [3.05, 3.63) is 26.8 Å². The predicted octanol–water partition coefficient (Wildman–Crippen LogP) is 3.14. The van der Waals surface area contributed by atoms with E-state index in [2.05, 4.69) is 4.98 Å². The molecule has 0 fully saturated rings. The second-order valence-electron chi connectivity index (χ2n) is 2.26. The molecule has 0 atom stereocenters. The Morgan fingerprint density at radius 3 is 2.57 bits per heavy atom. The molecule has 0 aliphatic rings. The van der Waals surface area contributed by atoms with E-state index in [9.17, 15) is 18.0 Å². The molecule has 0 aliphatic carbocycles. The number of hydrogen-bond donors (Lipinski definition) is 0. The van der Waals surface area contributed by atoms with Crippen LogP contribution in [0.2, 0.25) is 0 Å². The van der Waals surface area contributed by atoms with Crippen molar-refractivity contribution in [3.63, 3.8) is 0 Å².